The Kier molecular flexibility index (Phi) is 10.2. The van der Waals surface area contributed by atoms with Crippen molar-refractivity contribution in [2.45, 2.75) is 0 Å². The Labute approximate surface area is 56.6 Å². The molecule has 0 saturated heterocycles. The molecular formula is H3BLiMnO3. The van der Waals surface area contributed by atoms with Crippen LogP contribution >= 0.6 is 0 Å². The van der Waals surface area contributed by atoms with Crippen LogP contribution in [0.4, 0.5) is 0 Å². The summed E-state index contributed by atoms with van der Waals surface area (Å²) >= 11 is 2.31. The number of rotatable bonds is 1. The molecule has 0 atom stereocenters. The fraction of sp³-hybridized carbons (Fsp3) is 0. The molecule has 0 aliphatic carbocycles. The summed E-state index contributed by atoms with van der Waals surface area (Å²) in [4.78, 5) is 0. The third-order valence-electron chi connectivity index (χ3n) is 0.0797. The van der Waals surface area contributed by atoms with E-state index in [2.05, 4.69) is 20.1 Å². The van der Waals surface area contributed by atoms with Gasteiger partial charge in [-0.3, -0.25) is 0 Å². The molecule has 0 spiro atoms. The van der Waals surface area contributed by atoms with Crippen molar-refractivity contribution < 1.29 is 30.1 Å². The Balaban J connectivity index is 0. The molecule has 0 aliphatic rings. The number of hydrogen-bond acceptors (Lipinski definition) is 3. The summed E-state index contributed by atoms with van der Waals surface area (Å²) in [7, 11) is -1.70. The van der Waals surface area contributed by atoms with Crippen LogP contribution in [0.1, 0.15) is 0 Å². The molecule has 32 valence electrons. The summed E-state index contributed by atoms with van der Waals surface area (Å²) in [6, 6.07) is 0. The van der Waals surface area contributed by atoms with Crippen molar-refractivity contribution in [3.63, 3.8) is 0 Å². The van der Waals surface area contributed by atoms with Crippen molar-refractivity contribution in [3.8, 4) is 0 Å². The van der Waals surface area contributed by atoms with Gasteiger partial charge in [0.1, 0.15) is 0 Å². The quantitative estimate of drug-likeness (QED) is 0.389. The SMILES string of the molecule is OB(O)[O][Mn].[LiH]. The first-order valence-corrected chi connectivity index (χ1v) is 1.39. The molecule has 0 aromatic heterocycles. The second kappa shape index (κ2) is 6.06. The zero-order valence-corrected chi connectivity index (χ0v) is 3.44. The first-order valence-electron chi connectivity index (χ1n) is 0.906. The molecule has 0 fully saturated rings. The van der Waals surface area contributed by atoms with E-state index < -0.39 is 7.32 Å². The van der Waals surface area contributed by atoms with E-state index in [1.54, 1.807) is 0 Å². The molecule has 0 aromatic rings. The van der Waals surface area contributed by atoms with E-state index in [4.69, 9.17) is 10.0 Å². The third kappa shape index (κ3) is 8.91. The van der Waals surface area contributed by atoms with Crippen molar-refractivity contribution >= 4 is 26.2 Å². The second-order valence-corrected chi connectivity index (χ2v) is 0.694. The maximum absolute atomic E-state index is 7.65. The van der Waals surface area contributed by atoms with Gasteiger partial charge in [0, 0.05) is 0 Å². The van der Waals surface area contributed by atoms with Gasteiger partial charge in [0.2, 0.25) is 0 Å². The monoisotopic (exact) mass is 124 g/mol. The molecular weight excluding hydrogens is 121 g/mol. The molecule has 6 heteroatoms. The van der Waals surface area contributed by atoms with Gasteiger partial charge >= 0.3 is 56.3 Å². The van der Waals surface area contributed by atoms with Crippen LogP contribution in [0.25, 0.3) is 0 Å². The first kappa shape index (κ1) is 10.1. The Morgan fingerprint density at radius 1 is 1.50 bits per heavy atom. The van der Waals surface area contributed by atoms with E-state index in [0.717, 1.165) is 0 Å². The predicted molar refractivity (Wildman–Crippen MR) is 18.4 cm³/mol. The van der Waals surface area contributed by atoms with Crippen LogP contribution in [0.15, 0.2) is 0 Å². The van der Waals surface area contributed by atoms with E-state index in [1.165, 1.54) is 0 Å². The van der Waals surface area contributed by atoms with Gasteiger partial charge in [-0.15, -0.1) is 0 Å². The van der Waals surface area contributed by atoms with Crippen molar-refractivity contribution in [1.82, 2.24) is 0 Å². The standard InChI is InChI=1S/BH2O3.Li.Mn.H/c2-1(3)4;;;/h2-3H;;;/q-1;;+1;. The van der Waals surface area contributed by atoms with Crippen LogP contribution in [-0.2, 0) is 20.1 Å². The predicted octanol–water partition coefficient (Wildman–Crippen LogP) is -2.21. The van der Waals surface area contributed by atoms with E-state index in [0.29, 0.717) is 0 Å². The van der Waals surface area contributed by atoms with Crippen LogP contribution in [0.3, 0.4) is 0 Å². The Bertz CT molecular complexity index is 24.8. The molecule has 0 aromatic carbocycles. The minimum absolute atomic E-state index is 0. The molecule has 0 unspecified atom stereocenters. The second-order valence-electron chi connectivity index (χ2n) is 0.415. The summed E-state index contributed by atoms with van der Waals surface area (Å²) in [5, 5.41) is 15.3. The molecule has 0 heterocycles. The van der Waals surface area contributed by atoms with E-state index in [1.807, 2.05) is 0 Å². The molecule has 0 aliphatic heterocycles. The molecule has 0 bridgehead atoms. The van der Waals surface area contributed by atoms with Gasteiger partial charge in [-0.25, -0.2) is 0 Å². The average molecular weight is 124 g/mol. The summed E-state index contributed by atoms with van der Waals surface area (Å²) in [5.41, 5.74) is 0. The van der Waals surface area contributed by atoms with E-state index in [-0.39, 0.29) is 18.9 Å². The Morgan fingerprint density at radius 3 is 1.67 bits per heavy atom. The van der Waals surface area contributed by atoms with Gasteiger partial charge in [-0.05, 0) is 0 Å². The van der Waals surface area contributed by atoms with Crippen LogP contribution in [0.2, 0.25) is 0 Å². The van der Waals surface area contributed by atoms with Crippen LogP contribution in [0.5, 0.6) is 0 Å². The maximum atomic E-state index is 7.65. The Hall–Kier alpha value is 1.06. The number of hydrogen-bond donors (Lipinski definition) is 2. The van der Waals surface area contributed by atoms with Crippen molar-refractivity contribution in [2.24, 2.45) is 0 Å². The molecule has 6 heavy (non-hydrogen) atoms. The van der Waals surface area contributed by atoms with Gasteiger partial charge in [0.15, 0.2) is 0 Å². The molecule has 0 radical (unpaired) electrons. The minimum atomic E-state index is -1.70. The Morgan fingerprint density at radius 2 is 1.67 bits per heavy atom. The van der Waals surface area contributed by atoms with Crippen LogP contribution in [0, 0.1) is 0 Å². The van der Waals surface area contributed by atoms with Gasteiger partial charge in [-0.1, -0.05) is 0 Å². The molecule has 3 nitrogen and oxygen atoms in total. The molecule has 0 saturated carbocycles. The summed E-state index contributed by atoms with van der Waals surface area (Å²) in [6.07, 6.45) is 0. The van der Waals surface area contributed by atoms with Gasteiger partial charge < -0.3 is 0 Å². The van der Waals surface area contributed by atoms with Crippen LogP contribution < -0.4 is 0 Å². The van der Waals surface area contributed by atoms with E-state index >= 15 is 0 Å². The summed E-state index contributed by atoms with van der Waals surface area (Å²) in [6.45, 7) is 0. The molecule has 0 rings (SSSR count). The topological polar surface area (TPSA) is 49.7 Å². The van der Waals surface area contributed by atoms with Gasteiger partial charge in [0.25, 0.3) is 0 Å². The summed E-state index contributed by atoms with van der Waals surface area (Å²) in [5.74, 6) is 0. The van der Waals surface area contributed by atoms with E-state index in [9.17, 15) is 0 Å². The summed E-state index contributed by atoms with van der Waals surface area (Å²) < 4.78 is 3.67. The van der Waals surface area contributed by atoms with Crippen molar-refractivity contribution in [1.29, 1.82) is 0 Å². The fourth-order valence-corrected chi connectivity index (χ4v) is 0. The van der Waals surface area contributed by atoms with Crippen molar-refractivity contribution in [3.05, 3.63) is 0 Å². The zero-order chi connectivity index (χ0) is 4.28. The van der Waals surface area contributed by atoms with Gasteiger partial charge in [-0.2, -0.15) is 0 Å². The average Bonchev–Trinajstić information content (AvgIpc) is 1.38. The zero-order valence-electron chi connectivity index (χ0n) is 2.26. The first-order chi connectivity index (χ1) is 2.27. The molecule has 0 amide bonds. The van der Waals surface area contributed by atoms with Crippen molar-refractivity contribution in [2.75, 3.05) is 0 Å². The third-order valence-corrected chi connectivity index (χ3v) is 0.329. The normalized spacial score (nSPS) is 6.50. The van der Waals surface area contributed by atoms with Gasteiger partial charge in [0.05, 0.1) is 0 Å². The van der Waals surface area contributed by atoms with Crippen LogP contribution in [-0.4, -0.2) is 36.2 Å². The molecule has 2 N–H and O–H groups in total. The fourth-order valence-electron chi connectivity index (χ4n) is 0.